The van der Waals surface area contributed by atoms with E-state index in [1.54, 1.807) is 22.6 Å². The fourth-order valence-electron chi connectivity index (χ4n) is 3.27. The Morgan fingerprint density at radius 3 is 2.41 bits per heavy atom. The third-order valence-electron chi connectivity index (χ3n) is 4.67. The van der Waals surface area contributed by atoms with Gasteiger partial charge in [-0.25, -0.2) is 0 Å². The molecule has 0 aliphatic carbocycles. The van der Waals surface area contributed by atoms with Crippen molar-refractivity contribution in [2.75, 3.05) is 23.3 Å². The van der Waals surface area contributed by atoms with E-state index in [0.29, 0.717) is 22.3 Å². The molecule has 1 saturated heterocycles. The van der Waals surface area contributed by atoms with E-state index >= 15 is 0 Å². The van der Waals surface area contributed by atoms with Crippen molar-refractivity contribution in [1.29, 1.82) is 0 Å². The van der Waals surface area contributed by atoms with E-state index in [4.69, 9.17) is 0 Å². The molecule has 6 nitrogen and oxygen atoms in total. The molecule has 1 aliphatic heterocycles. The Kier molecular flexibility index (Phi) is 6.30. The number of carbonyl (C=O) groups excluding carboxylic acids is 1. The van der Waals surface area contributed by atoms with Crippen LogP contribution in [0.25, 0.3) is 0 Å². The fraction of sp³-hybridized carbons (Fsp3) is 0.316. The second-order valence-corrected chi connectivity index (χ2v) is 7.90. The number of nitrogens with zero attached hydrogens (tertiary/aromatic N) is 2. The van der Waals surface area contributed by atoms with Crippen LogP contribution < -0.4 is 10.2 Å². The van der Waals surface area contributed by atoms with Crippen molar-refractivity contribution >= 4 is 45.6 Å². The third kappa shape index (κ3) is 4.98. The van der Waals surface area contributed by atoms with Gasteiger partial charge in [-0.3, -0.25) is 14.9 Å². The average molecular weight is 519 g/mol. The van der Waals surface area contributed by atoms with E-state index in [-0.39, 0.29) is 11.3 Å². The minimum atomic E-state index is -4.64. The van der Waals surface area contributed by atoms with Gasteiger partial charge in [-0.1, -0.05) is 0 Å². The molecule has 2 aromatic rings. The molecule has 29 heavy (non-hydrogen) atoms. The van der Waals surface area contributed by atoms with Gasteiger partial charge in [0.25, 0.3) is 11.6 Å². The molecular formula is C19H17F3IN3O3. The number of anilines is 2. The van der Waals surface area contributed by atoms with Gasteiger partial charge in [-0.2, -0.15) is 13.2 Å². The average Bonchev–Trinajstić information content (AvgIpc) is 2.68. The molecule has 1 N–H and O–H groups in total. The van der Waals surface area contributed by atoms with Gasteiger partial charge in [0.2, 0.25) is 0 Å². The van der Waals surface area contributed by atoms with Gasteiger partial charge in [0.1, 0.15) is 5.69 Å². The molecule has 1 aliphatic rings. The predicted molar refractivity (Wildman–Crippen MR) is 111 cm³/mol. The van der Waals surface area contributed by atoms with Gasteiger partial charge in [-0.15, -0.1) is 0 Å². The van der Waals surface area contributed by atoms with Gasteiger partial charge in [0, 0.05) is 28.3 Å². The lowest BCUT2D eigenvalue weighted by molar-refractivity contribution is -0.384. The first-order chi connectivity index (χ1) is 13.7. The Bertz CT molecular complexity index is 944. The molecule has 0 saturated carbocycles. The Labute approximate surface area is 178 Å². The first-order valence-electron chi connectivity index (χ1n) is 8.88. The molecule has 1 amide bonds. The van der Waals surface area contributed by atoms with Gasteiger partial charge < -0.3 is 10.2 Å². The molecule has 2 aromatic carbocycles. The highest BCUT2D eigenvalue weighted by atomic mass is 127. The third-order valence-corrected chi connectivity index (χ3v) is 5.34. The van der Waals surface area contributed by atoms with E-state index in [9.17, 15) is 28.1 Å². The maximum Gasteiger partial charge on any atom is 0.418 e. The van der Waals surface area contributed by atoms with Gasteiger partial charge >= 0.3 is 6.18 Å². The van der Waals surface area contributed by atoms with Gasteiger partial charge in [0.15, 0.2) is 0 Å². The van der Waals surface area contributed by atoms with Crippen molar-refractivity contribution in [3.8, 4) is 0 Å². The Balaban J connectivity index is 1.90. The zero-order valence-electron chi connectivity index (χ0n) is 15.1. The first kappa shape index (κ1) is 21.3. The lowest BCUT2D eigenvalue weighted by atomic mass is 10.1. The second kappa shape index (κ2) is 8.56. The zero-order chi connectivity index (χ0) is 21.2. The topological polar surface area (TPSA) is 75.5 Å². The summed E-state index contributed by atoms with van der Waals surface area (Å²) < 4.78 is 40.2. The molecule has 0 spiro atoms. The predicted octanol–water partition coefficient (Wildman–Crippen LogP) is 5.46. The van der Waals surface area contributed by atoms with Crippen LogP contribution in [-0.2, 0) is 6.18 Å². The van der Waals surface area contributed by atoms with Crippen molar-refractivity contribution < 1.29 is 22.9 Å². The number of halogens is 4. The summed E-state index contributed by atoms with van der Waals surface area (Å²) in [6.45, 7) is 1.37. The van der Waals surface area contributed by atoms with Crippen LogP contribution in [0.15, 0.2) is 36.4 Å². The molecule has 1 fully saturated rings. The SMILES string of the molecule is O=C(Nc1ccc(I)cc1C(F)(F)F)c1ccc(N2CCCCC2)c([N+](=O)[O-])c1. The number of carbonyl (C=O) groups is 1. The quantitative estimate of drug-likeness (QED) is 0.331. The largest absolute Gasteiger partial charge is 0.418 e. The van der Waals surface area contributed by atoms with Gasteiger partial charge in [-0.05, 0) is 72.2 Å². The second-order valence-electron chi connectivity index (χ2n) is 6.65. The van der Waals surface area contributed by atoms with Crippen LogP contribution in [-0.4, -0.2) is 23.9 Å². The number of nitro groups is 1. The summed E-state index contributed by atoms with van der Waals surface area (Å²) in [5.41, 5.74) is -1.28. The summed E-state index contributed by atoms with van der Waals surface area (Å²) in [6.07, 6.45) is -1.74. The molecular weight excluding hydrogens is 502 g/mol. The van der Waals surface area contributed by atoms with E-state index in [2.05, 4.69) is 5.32 Å². The van der Waals surface area contributed by atoms with Crippen LogP contribution in [0.4, 0.5) is 30.2 Å². The summed E-state index contributed by atoms with van der Waals surface area (Å²) in [5, 5.41) is 13.7. The van der Waals surface area contributed by atoms with Crippen molar-refractivity contribution in [1.82, 2.24) is 0 Å². The normalized spacial score (nSPS) is 14.6. The summed E-state index contributed by atoms with van der Waals surface area (Å²) in [6, 6.07) is 7.52. The number of nitro benzene ring substituents is 1. The number of hydrogen-bond acceptors (Lipinski definition) is 4. The molecule has 0 atom stereocenters. The van der Waals surface area contributed by atoms with E-state index < -0.39 is 28.3 Å². The maximum atomic E-state index is 13.3. The number of alkyl halides is 3. The molecule has 0 aromatic heterocycles. The highest BCUT2D eigenvalue weighted by molar-refractivity contribution is 14.1. The fourth-order valence-corrected chi connectivity index (χ4v) is 3.76. The monoisotopic (exact) mass is 519 g/mol. The summed E-state index contributed by atoms with van der Waals surface area (Å²) in [4.78, 5) is 25.4. The van der Waals surface area contributed by atoms with Crippen LogP contribution in [0.5, 0.6) is 0 Å². The van der Waals surface area contributed by atoms with E-state index in [0.717, 1.165) is 31.4 Å². The number of hydrogen-bond donors (Lipinski definition) is 1. The molecule has 0 unspecified atom stereocenters. The number of amides is 1. The standard InChI is InChI=1S/C19H17F3IN3O3/c20-19(21,22)14-11-13(23)5-6-15(14)24-18(27)12-4-7-16(17(10-12)26(28)29)25-8-2-1-3-9-25/h4-7,10-11H,1-3,8-9H2,(H,24,27). The number of benzene rings is 2. The first-order valence-corrected chi connectivity index (χ1v) is 9.96. The van der Waals surface area contributed by atoms with E-state index in [1.165, 1.54) is 24.3 Å². The smallest absolute Gasteiger partial charge is 0.366 e. The molecule has 1 heterocycles. The van der Waals surface area contributed by atoms with Crippen LogP contribution in [0, 0.1) is 13.7 Å². The maximum absolute atomic E-state index is 13.3. The number of nitrogens with one attached hydrogen (secondary N) is 1. The van der Waals surface area contributed by atoms with Crippen LogP contribution in [0.3, 0.4) is 0 Å². The lowest BCUT2D eigenvalue weighted by Crippen LogP contribution is -2.30. The van der Waals surface area contributed by atoms with Crippen molar-refractivity contribution in [3.05, 3.63) is 61.2 Å². The molecule has 0 bridgehead atoms. The highest BCUT2D eigenvalue weighted by Gasteiger charge is 2.34. The number of rotatable bonds is 4. The van der Waals surface area contributed by atoms with Crippen molar-refractivity contribution in [3.63, 3.8) is 0 Å². The van der Waals surface area contributed by atoms with Crippen molar-refractivity contribution in [2.45, 2.75) is 25.4 Å². The van der Waals surface area contributed by atoms with Crippen molar-refractivity contribution in [2.24, 2.45) is 0 Å². The minimum Gasteiger partial charge on any atom is -0.366 e. The van der Waals surface area contributed by atoms with Crippen LogP contribution in [0.2, 0.25) is 0 Å². The highest BCUT2D eigenvalue weighted by Crippen LogP contribution is 2.36. The molecule has 10 heteroatoms. The minimum absolute atomic E-state index is 0.0795. The lowest BCUT2D eigenvalue weighted by Gasteiger charge is -2.28. The molecule has 0 radical (unpaired) electrons. The zero-order valence-corrected chi connectivity index (χ0v) is 17.3. The van der Waals surface area contributed by atoms with Crippen LogP contribution in [0.1, 0.15) is 35.2 Å². The molecule has 3 rings (SSSR count). The number of piperidine rings is 1. The Morgan fingerprint density at radius 2 is 1.79 bits per heavy atom. The molecule has 154 valence electrons. The summed E-state index contributed by atoms with van der Waals surface area (Å²) >= 11 is 1.75. The summed E-state index contributed by atoms with van der Waals surface area (Å²) in [5.74, 6) is -0.843. The van der Waals surface area contributed by atoms with Gasteiger partial charge in [0.05, 0.1) is 16.2 Å². The van der Waals surface area contributed by atoms with E-state index in [1.807, 2.05) is 4.90 Å². The van der Waals surface area contributed by atoms with Crippen LogP contribution >= 0.6 is 22.6 Å². The Morgan fingerprint density at radius 1 is 1.10 bits per heavy atom. The summed E-state index contributed by atoms with van der Waals surface area (Å²) in [7, 11) is 0. The Hall–Kier alpha value is -2.37.